The van der Waals surface area contributed by atoms with Crippen LogP contribution in [0.2, 0.25) is 10.0 Å². The van der Waals surface area contributed by atoms with Gasteiger partial charge < -0.3 is 16.2 Å². The summed E-state index contributed by atoms with van der Waals surface area (Å²) in [7, 11) is 1.73. The minimum atomic E-state index is -0.726. The molecule has 14 heavy (non-hydrogen) atoms. The zero-order valence-corrected chi connectivity index (χ0v) is 9.23. The summed E-state index contributed by atoms with van der Waals surface area (Å²) in [6, 6.07) is 3.30. The average Bonchev–Trinajstić information content (AvgIpc) is 2.16. The third-order valence-electron chi connectivity index (χ3n) is 1.92. The second-order valence-electron chi connectivity index (χ2n) is 2.86. The number of aliphatic hydroxyl groups is 1. The molecule has 0 aliphatic carbocycles. The van der Waals surface area contributed by atoms with Gasteiger partial charge in [0.1, 0.15) is 0 Å². The topological polar surface area (TPSA) is 58.3 Å². The van der Waals surface area contributed by atoms with E-state index in [4.69, 9.17) is 28.9 Å². The molecule has 0 saturated heterocycles. The molecule has 0 aliphatic rings. The standard InChI is InChI=1S/C9H12Cl2N2O/c1-13-9-6(10)2-5(3-7(9)11)8(14)4-12/h2-3,8,13-14H,4,12H2,1H3/t8-/m0/s1. The van der Waals surface area contributed by atoms with Crippen LogP contribution in [0.25, 0.3) is 0 Å². The van der Waals surface area contributed by atoms with Crippen molar-refractivity contribution in [2.24, 2.45) is 5.73 Å². The minimum Gasteiger partial charge on any atom is -0.387 e. The van der Waals surface area contributed by atoms with Gasteiger partial charge in [0.15, 0.2) is 0 Å². The highest BCUT2D eigenvalue weighted by molar-refractivity contribution is 6.39. The van der Waals surface area contributed by atoms with Gasteiger partial charge in [0.2, 0.25) is 0 Å². The summed E-state index contributed by atoms with van der Waals surface area (Å²) < 4.78 is 0. The van der Waals surface area contributed by atoms with Gasteiger partial charge in [-0.05, 0) is 17.7 Å². The van der Waals surface area contributed by atoms with Crippen LogP contribution in [-0.2, 0) is 0 Å². The number of halogens is 2. The highest BCUT2D eigenvalue weighted by atomic mass is 35.5. The van der Waals surface area contributed by atoms with E-state index in [0.29, 0.717) is 21.3 Å². The van der Waals surface area contributed by atoms with Gasteiger partial charge in [-0.25, -0.2) is 0 Å². The fourth-order valence-corrected chi connectivity index (χ4v) is 1.85. The van der Waals surface area contributed by atoms with Crippen molar-refractivity contribution >= 4 is 28.9 Å². The molecule has 5 heteroatoms. The highest BCUT2D eigenvalue weighted by Crippen LogP contribution is 2.33. The molecule has 0 radical (unpaired) electrons. The number of aliphatic hydroxyl groups excluding tert-OH is 1. The molecule has 0 bridgehead atoms. The molecule has 1 aromatic carbocycles. The van der Waals surface area contributed by atoms with E-state index < -0.39 is 6.10 Å². The zero-order chi connectivity index (χ0) is 10.7. The predicted molar refractivity (Wildman–Crippen MR) is 60.0 cm³/mol. The smallest absolute Gasteiger partial charge is 0.0913 e. The fraction of sp³-hybridized carbons (Fsp3) is 0.333. The van der Waals surface area contributed by atoms with Crippen LogP contribution in [0.5, 0.6) is 0 Å². The van der Waals surface area contributed by atoms with Gasteiger partial charge in [0.25, 0.3) is 0 Å². The van der Waals surface area contributed by atoms with E-state index in [1.165, 1.54) is 0 Å². The Morgan fingerprint density at radius 1 is 1.43 bits per heavy atom. The molecule has 1 atom stereocenters. The first-order chi connectivity index (χ1) is 6.60. The van der Waals surface area contributed by atoms with Crippen LogP contribution in [0.1, 0.15) is 11.7 Å². The largest absolute Gasteiger partial charge is 0.387 e. The Morgan fingerprint density at radius 2 is 1.93 bits per heavy atom. The second-order valence-corrected chi connectivity index (χ2v) is 3.68. The molecule has 0 aromatic heterocycles. The number of nitrogens with one attached hydrogen (secondary N) is 1. The first-order valence-corrected chi connectivity index (χ1v) is 4.90. The first kappa shape index (κ1) is 11.6. The van der Waals surface area contributed by atoms with Gasteiger partial charge in [-0.3, -0.25) is 0 Å². The Balaban J connectivity index is 3.13. The molecule has 3 nitrogen and oxygen atoms in total. The molecule has 0 spiro atoms. The van der Waals surface area contributed by atoms with Crippen molar-refractivity contribution < 1.29 is 5.11 Å². The lowest BCUT2D eigenvalue weighted by molar-refractivity contribution is 0.187. The van der Waals surface area contributed by atoms with E-state index in [-0.39, 0.29) is 6.54 Å². The SMILES string of the molecule is CNc1c(Cl)cc([C@@H](O)CN)cc1Cl. The minimum absolute atomic E-state index is 0.144. The Hall–Kier alpha value is -0.480. The summed E-state index contributed by atoms with van der Waals surface area (Å²) in [6.45, 7) is 0.144. The Kier molecular flexibility index (Phi) is 4.01. The van der Waals surface area contributed by atoms with Gasteiger partial charge in [0, 0.05) is 13.6 Å². The van der Waals surface area contributed by atoms with Crippen LogP contribution in [0, 0.1) is 0 Å². The van der Waals surface area contributed by atoms with Crippen molar-refractivity contribution in [3.05, 3.63) is 27.7 Å². The first-order valence-electron chi connectivity index (χ1n) is 4.15. The molecule has 1 rings (SSSR count). The zero-order valence-electron chi connectivity index (χ0n) is 7.72. The number of hydrogen-bond acceptors (Lipinski definition) is 3. The molecule has 0 aliphatic heterocycles. The molecule has 0 unspecified atom stereocenters. The second kappa shape index (κ2) is 4.84. The van der Waals surface area contributed by atoms with Crippen molar-refractivity contribution in [3.63, 3.8) is 0 Å². The quantitative estimate of drug-likeness (QED) is 0.751. The van der Waals surface area contributed by atoms with Crippen molar-refractivity contribution in [1.82, 2.24) is 0 Å². The summed E-state index contributed by atoms with van der Waals surface area (Å²) in [6.07, 6.45) is -0.726. The predicted octanol–water partition coefficient (Wildman–Crippen LogP) is 2.03. The van der Waals surface area contributed by atoms with Crippen LogP contribution in [0.4, 0.5) is 5.69 Å². The summed E-state index contributed by atoms with van der Waals surface area (Å²) in [5.74, 6) is 0. The maximum absolute atomic E-state index is 9.48. The maximum Gasteiger partial charge on any atom is 0.0913 e. The van der Waals surface area contributed by atoms with E-state index in [0.717, 1.165) is 0 Å². The van der Waals surface area contributed by atoms with Crippen molar-refractivity contribution in [1.29, 1.82) is 0 Å². The van der Waals surface area contributed by atoms with Gasteiger partial charge in [0.05, 0.1) is 21.8 Å². The Labute approximate surface area is 92.8 Å². The van der Waals surface area contributed by atoms with E-state index in [2.05, 4.69) is 5.32 Å². The van der Waals surface area contributed by atoms with Crippen LogP contribution in [0.3, 0.4) is 0 Å². The summed E-state index contributed by atoms with van der Waals surface area (Å²) in [4.78, 5) is 0. The third kappa shape index (κ3) is 2.30. The van der Waals surface area contributed by atoms with Crippen LogP contribution in [0.15, 0.2) is 12.1 Å². The van der Waals surface area contributed by atoms with Gasteiger partial charge >= 0.3 is 0 Å². The lowest BCUT2D eigenvalue weighted by Gasteiger charge is -2.12. The molecule has 0 heterocycles. The van der Waals surface area contributed by atoms with Gasteiger partial charge in [-0.15, -0.1) is 0 Å². The molecule has 0 fully saturated rings. The number of nitrogens with two attached hydrogens (primary N) is 1. The Bertz CT molecular complexity index is 308. The highest BCUT2D eigenvalue weighted by Gasteiger charge is 2.11. The summed E-state index contributed by atoms with van der Waals surface area (Å²) in [5.41, 5.74) is 6.60. The fourth-order valence-electron chi connectivity index (χ4n) is 1.16. The maximum atomic E-state index is 9.48. The molecule has 0 saturated carbocycles. The summed E-state index contributed by atoms with van der Waals surface area (Å²) in [5, 5.41) is 13.3. The lowest BCUT2D eigenvalue weighted by atomic mass is 10.1. The normalized spacial score (nSPS) is 12.6. The molecule has 0 amide bonds. The number of benzene rings is 1. The van der Waals surface area contributed by atoms with E-state index in [9.17, 15) is 5.11 Å². The number of hydrogen-bond donors (Lipinski definition) is 3. The van der Waals surface area contributed by atoms with E-state index in [1.54, 1.807) is 19.2 Å². The Morgan fingerprint density at radius 3 is 2.29 bits per heavy atom. The number of rotatable bonds is 3. The molecule has 1 aromatic rings. The molecular formula is C9H12Cl2N2O. The van der Waals surface area contributed by atoms with Gasteiger partial charge in [-0.2, -0.15) is 0 Å². The average molecular weight is 235 g/mol. The molecular weight excluding hydrogens is 223 g/mol. The van der Waals surface area contributed by atoms with Crippen LogP contribution >= 0.6 is 23.2 Å². The van der Waals surface area contributed by atoms with Crippen molar-refractivity contribution in [2.45, 2.75) is 6.10 Å². The van der Waals surface area contributed by atoms with E-state index in [1.807, 2.05) is 0 Å². The number of anilines is 1. The summed E-state index contributed by atoms with van der Waals surface area (Å²) >= 11 is 11.9. The van der Waals surface area contributed by atoms with Gasteiger partial charge in [-0.1, -0.05) is 23.2 Å². The third-order valence-corrected chi connectivity index (χ3v) is 2.52. The van der Waals surface area contributed by atoms with Crippen molar-refractivity contribution in [2.75, 3.05) is 18.9 Å². The monoisotopic (exact) mass is 234 g/mol. The lowest BCUT2D eigenvalue weighted by Crippen LogP contribution is -2.11. The van der Waals surface area contributed by atoms with Crippen LogP contribution in [-0.4, -0.2) is 18.7 Å². The van der Waals surface area contributed by atoms with E-state index >= 15 is 0 Å². The molecule has 78 valence electrons. The van der Waals surface area contributed by atoms with Crippen molar-refractivity contribution in [3.8, 4) is 0 Å². The van der Waals surface area contributed by atoms with Crippen LogP contribution < -0.4 is 11.1 Å². The molecule has 4 N–H and O–H groups in total.